The average molecular weight is 283 g/mol. The summed E-state index contributed by atoms with van der Waals surface area (Å²) in [6, 6.07) is 10.8. The number of aromatic nitrogens is 2. The number of nitrogens with zero attached hydrogens (tertiary/aromatic N) is 2. The lowest BCUT2D eigenvalue weighted by molar-refractivity contribution is 0.337. The monoisotopic (exact) mass is 283 g/mol. The van der Waals surface area contributed by atoms with Crippen LogP contribution in [0, 0.1) is 5.41 Å². The molecule has 4 heteroatoms. The lowest BCUT2D eigenvalue weighted by Gasteiger charge is -2.02. The van der Waals surface area contributed by atoms with Crippen molar-refractivity contribution in [3.8, 4) is 0 Å². The Morgan fingerprint density at radius 3 is 2.81 bits per heavy atom. The maximum absolute atomic E-state index is 5.45. The first-order valence-electron chi connectivity index (χ1n) is 7.93. The second kappa shape index (κ2) is 5.26. The van der Waals surface area contributed by atoms with Gasteiger partial charge in [0.25, 0.3) is 0 Å². The van der Waals surface area contributed by atoms with E-state index < -0.39 is 0 Å². The van der Waals surface area contributed by atoms with Crippen LogP contribution >= 0.6 is 0 Å². The van der Waals surface area contributed by atoms with Crippen LogP contribution in [0.15, 0.2) is 34.9 Å². The zero-order valence-electron chi connectivity index (χ0n) is 12.2. The molecule has 1 aliphatic carbocycles. The van der Waals surface area contributed by atoms with Gasteiger partial charge >= 0.3 is 0 Å². The SMILES string of the molecule is c1ccc(CCCc2noc([C@@H]3CC4(CC4)CN3)n2)cc1. The number of hydrogen-bond acceptors (Lipinski definition) is 4. The van der Waals surface area contributed by atoms with Gasteiger partial charge < -0.3 is 9.84 Å². The summed E-state index contributed by atoms with van der Waals surface area (Å²) in [7, 11) is 0. The lowest BCUT2D eigenvalue weighted by atomic mass is 10.0. The van der Waals surface area contributed by atoms with Crippen molar-refractivity contribution in [2.75, 3.05) is 6.54 Å². The highest BCUT2D eigenvalue weighted by Crippen LogP contribution is 2.54. The van der Waals surface area contributed by atoms with Gasteiger partial charge in [0, 0.05) is 13.0 Å². The predicted octanol–water partition coefficient (Wildman–Crippen LogP) is 3.06. The molecule has 2 aromatic rings. The Balaban J connectivity index is 1.30. The predicted molar refractivity (Wildman–Crippen MR) is 79.8 cm³/mol. The number of nitrogens with one attached hydrogen (secondary N) is 1. The van der Waals surface area contributed by atoms with Crippen molar-refractivity contribution in [2.24, 2.45) is 5.41 Å². The summed E-state index contributed by atoms with van der Waals surface area (Å²) in [5.74, 6) is 1.63. The van der Waals surface area contributed by atoms with Crippen LogP contribution in [0.25, 0.3) is 0 Å². The molecule has 21 heavy (non-hydrogen) atoms. The Hall–Kier alpha value is -1.68. The second-order valence-electron chi connectivity index (χ2n) is 6.53. The largest absolute Gasteiger partial charge is 0.338 e. The minimum Gasteiger partial charge on any atom is -0.338 e. The molecule has 2 aliphatic rings. The zero-order chi connectivity index (χ0) is 14.1. The van der Waals surface area contributed by atoms with E-state index in [4.69, 9.17) is 4.52 Å². The number of rotatable bonds is 5. The quantitative estimate of drug-likeness (QED) is 0.916. The first kappa shape index (κ1) is 13.0. The van der Waals surface area contributed by atoms with Gasteiger partial charge in [0.1, 0.15) is 0 Å². The molecule has 0 radical (unpaired) electrons. The molecule has 2 fully saturated rings. The molecule has 4 rings (SSSR count). The lowest BCUT2D eigenvalue weighted by Crippen LogP contribution is -2.14. The average Bonchev–Trinajstić information content (AvgIpc) is 2.93. The van der Waals surface area contributed by atoms with Gasteiger partial charge in [-0.25, -0.2) is 0 Å². The van der Waals surface area contributed by atoms with E-state index in [1.54, 1.807) is 0 Å². The van der Waals surface area contributed by atoms with Crippen molar-refractivity contribution in [3.05, 3.63) is 47.6 Å². The highest BCUT2D eigenvalue weighted by Gasteiger charge is 2.49. The van der Waals surface area contributed by atoms with Gasteiger partial charge in [-0.2, -0.15) is 4.98 Å². The van der Waals surface area contributed by atoms with Gasteiger partial charge in [0.15, 0.2) is 5.82 Å². The summed E-state index contributed by atoms with van der Waals surface area (Å²) in [5, 5.41) is 7.66. The van der Waals surface area contributed by atoms with E-state index in [2.05, 4.69) is 45.8 Å². The molecule has 2 heterocycles. The first-order valence-corrected chi connectivity index (χ1v) is 7.93. The summed E-state index contributed by atoms with van der Waals surface area (Å²) >= 11 is 0. The number of aryl methyl sites for hydroxylation is 2. The van der Waals surface area contributed by atoms with Crippen molar-refractivity contribution in [2.45, 2.75) is 44.6 Å². The Kier molecular flexibility index (Phi) is 3.26. The van der Waals surface area contributed by atoms with Crippen LogP contribution in [0.5, 0.6) is 0 Å². The molecule has 4 nitrogen and oxygen atoms in total. The fraction of sp³-hybridized carbons (Fsp3) is 0.529. The molecule has 1 aromatic heterocycles. The first-order chi connectivity index (χ1) is 10.3. The molecular formula is C17H21N3O. The van der Waals surface area contributed by atoms with Crippen molar-refractivity contribution in [1.82, 2.24) is 15.5 Å². The number of benzene rings is 1. The second-order valence-corrected chi connectivity index (χ2v) is 6.53. The summed E-state index contributed by atoms with van der Waals surface area (Å²) in [6.07, 6.45) is 6.89. The molecule has 1 saturated heterocycles. The third kappa shape index (κ3) is 2.86. The van der Waals surface area contributed by atoms with E-state index in [0.29, 0.717) is 5.41 Å². The van der Waals surface area contributed by atoms with Gasteiger partial charge in [-0.15, -0.1) is 0 Å². The Bertz CT molecular complexity index is 604. The summed E-state index contributed by atoms with van der Waals surface area (Å²) in [6.45, 7) is 1.11. The zero-order valence-corrected chi connectivity index (χ0v) is 12.2. The summed E-state index contributed by atoms with van der Waals surface area (Å²) in [5.41, 5.74) is 1.93. The van der Waals surface area contributed by atoms with E-state index in [-0.39, 0.29) is 6.04 Å². The van der Waals surface area contributed by atoms with Crippen LogP contribution in [0.2, 0.25) is 0 Å². The van der Waals surface area contributed by atoms with Gasteiger partial charge in [-0.1, -0.05) is 35.5 Å². The minimum atomic E-state index is 0.280. The molecule has 1 aliphatic heterocycles. The van der Waals surface area contributed by atoms with Crippen LogP contribution in [-0.4, -0.2) is 16.7 Å². The Labute approximate surface area is 124 Å². The van der Waals surface area contributed by atoms with Crippen molar-refractivity contribution < 1.29 is 4.52 Å². The van der Waals surface area contributed by atoms with Crippen LogP contribution in [0.1, 0.15) is 49.0 Å². The molecule has 1 N–H and O–H groups in total. The molecule has 0 unspecified atom stereocenters. The van der Waals surface area contributed by atoms with Gasteiger partial charge in [0.2, 0.25) is 5.89 Å². The smallest absolute Gasteiger partial charge is 0.243 e. The highest BCUT2D eigenvalue weighted by molar-refractivity contribution is 5.14. The van der Waals surface area contributed by atoms with Gasteiger partial charge in [-0.3, -0.25) is 0 Å². The van der Waals surface area contributed by atoms with E-state index in [1.165, 1.54) is 24.8 Å². The van der Waals surface area contributed by atoms with Crippen LogP contribution in [0.4, 0.5) is 0 Å². The van der Waals surface area contributed by atoms with E-state index in [0.717, 1.165) is 37.5 Å². The molecule has 1 saturated carbocycles. The van der Waals surface area contributed by atoms with E-state index in [9.17, 15) is 0 Å². The molecule has 1 atom stereocenters. The fourth-order valence-electron chi connectivity index (χ4n) is 3.26. The standard InChI is InChI=1S/C17H21N3O/c1-2-5-13(6-3-1)7-4-8-15-19-16(21-20-15)14-11-17(9-10-17)12-18-14/h1-3,5-6,14,18H,4,7-12H2/t14-/m0/s1. The van der Waals surface area contributed by atoms with Crippen molar-refractivity contribution in [3.63, 3.8) is 0 Å². The van der Waals surface area contributed by atoms with Crippen molar-refractivity contribution in [1.29, 1.82) is 0 Å². The third-order valence-electron chi connectivity index (χ3n) is 4.81. The van der Waals surface area contributed by atoms with E-state index in [1.807, 2.05) is 0 Å². The topological polar surface area (TPSA) is 51.0 Å². The number of hydrogen-bond donors (Lipinski definition) is 1. The summed E-state index contributed by atoms with van der Waals surface area (Å²) in [4.78, 5) is 4.58. The molecule has 0 amide bonds. The van der Waals surface area contributed by atoms with E-state index >= 15 is 0 Å². The van der Waals surface area contributed by atoms with Gasteiger partial charge in [-0.05, 0) is 43.1 Å². The maximum Gasteiger partial charge on any atom is 0.243 e. The highest BCUT2D eigenvalue weighted by atomic mass is 16.5. The Morgan fingerprint density at radius 2 is 2.05 bits per heavy atom. The normalized spacial score (nSPS) is 22.8. The minimum absolute atomic E-state index is 0.280. The third-order valence-corrected chi connectivity index (χ3v) is 4.81. The molecule has 1 spiro atoms. The molecule has 1 aromatic carbocycles. The van der Waals surface area contributed by atoms with Crippen LogP contribution in [0.3, 0.4) is 0 Å². The Morgan fingerprint density at radius 1 is 1.19 bits per heavy atom. The molecule has 110 valence electrons. The van der Waals surface area contributed by atoms with Gasteiger partial charge in [0.05, 0.1) is 6.04 Å². The maximum atomic E-state index is 5.45. The molecule has 0 bridgehead atoms. The fourth-order valence-corrected chi connectivity index (χ4v) is 3.26. The molecular weight excluding hydrogens is 262 g/mol. The van der Waals surface area contributed by atoms with Crippen molar-refractivity contribution >= 4 is 0 Å². The van der Waals surface area contributed by atoms with Crippen LogP contribution < -0.4 is 5.32 Å². The van der Waals surface area contributed by atoms with Crippen LogP contribution in [-0.2, 0) is 12.8 Å². The summed E-state index contributed by atoms with van der Waals surface area (Å²) < 4.78 is 5.45.